The van der Waals surface area contributed by atoms with Gasteiger partial charge in [-0.2, -0.15) is 0 Å². The van der Waals surface area contributed by atoms with Crippen LogP contribution < -0.4 is 9.62 Å². The van der Waals surface area contributed by atoms with Crippen molar-refractivity contribution in [3.05, 3.63) is 59.7 Å². The molecule has 0 saturated carbocycles. The van der Waals surface area contributed by atoms with E-state index in [2.05, 4.69) is 20.6 Å². The van der Waals surface area contributed by atoms with Crippen LogP contribution in [-0.2, 0) is 16.6 Å². The van der Waals surface area contributed by atoms with Gasteiger partial charge < -0.3 is 4.90 Å². The van der Waals surface area contributed by atoms with Crippen molar-refractivity contribution in [1.29, 1.82) is 0 Å². The second-order valence-corrected chi connectivity index (χ2v) is 10.2. The number of anilines is 1. The molecule has 7 nitrogen and oxygen atoms in total. The number of nitrogens with one attached hydrogen (secondary N) is 1. The highest BCUT2D eigenvalue weighted by Gasteiger charge is 2.22. The van der Waals surface area contributed by atoms with Crippen LogP contribution in [0.2, 0.25) is 0 Å². The molecule has 1 fully saturated rings. The Morgan fingerprint density at radius 3 is 2.50 bits per heavy atom. The standard InChI is InChI=1S/C21H24N4O3S2/c1-2-30(27,28)23-20(26)17-8-4-3-7-16(17)15-24-11-13-25(14-12-24)21-22-18-9-5-6-10-19(18)29-21/h3-10H,2,11-15H2,1H3,(H,23,26). The quantitative estimate of drug-likeness (QED) is 0.630. The normalized spacial score (nSPS) is 15.4. The number of rotatable bonds is 6. The lowest BCUT2D eigenvalue weighted by atomic mass is 10.1. The number of aromatic nitrogens is 1. The first-order chi connectivity index (χ1) is 14.4. The van der Waals surface area contributed by atoms with Gasteiger partial charge in [-0.1, -0.05) is 41.7 Å². The minimum absolute atomic E-state index is 0.130. The van der Waals surface area contributed by atoms with Crippen molar-refractivity contribution in [3.63, 3.8) is 0 Å². The zero-order valence-corrected chi connectivity index (χ0v) is 18.4. The van der Waals surface area contributed by atoms with Gasteiger partial charge in [0.1, 0.15) is 0 Å². The van der Waals surface area contributed by atoms with E-state index >= 15 is 0 Å². The zero-order valence-electron chi connectivity index (χ0n) is 16.7. The maximum absolute atomic E-state index is 12.5. The maximum atomic E-state index is 12.5. The van der Waals surface area contributed by atoms with E-state index in [1.807, 2.05) is 30.3 Å². The molecule has 1 N–H and O–H groups in total. The van der Waals surface area contributed by atoms with Crippen molar-refractivity contribution in [2.45, 2.75) is 13.5 Å². The fraction of sp³-hybridized carbons (Fsp3) is 0.333. The number of para-hydroxylation sites is 1. The van der Waals surface area contributed by atoms with Crippen LogP contribution in [0.1, 0.15) is 22.8 Å². The highest BCUT2D eigenvalue weighted by Crippen LogP contribution is 2.29. The van der Waals surface area contributed by atoms with Gasteiger partial charge in [-0.15, -0.1) is 0 Å². The number of fused-ring (bicyclic) bond motifs is 1. The molecule has 2 aromatic carbocycles. The van der Waals surface area contributed by atoms with Gasteiger partial charge in [0, 0.05) is 38.3 Å². The Bertz CT molecular complexity index is 1120. The van der Waals surface area contributed by atoms with Crippen LogP contribution in [0.25, 0.3) is 10.2 Å². The van der Waals surface area contributed by atoms with Gasteiger partial charge in [-0.3, -0.25) is 9.69 Å². The largest absolute Gasteiger partial charge is 0.345 e. The van der Waals surface area contributed by atoms with Crippen LogP contribution in [0, 0.1) is 0 Å². The van der Waals surface area contributed by atoms with Crippen LogP contribution in [0.5, 0.6) is 0 Å². The van der Waals surface area contributed by atoms with Crippen molar-refractivity contribution in [2.24, 2.45) is 0 Å². The number of carbonyl (C=O) groups is 1. The Balaban J connectivity index is 1.41. The average molecular weight is 445 g/mol. The van der Waals surface area contributed by atoms with E-state index < -0.39 is 15.9 Å². The molecule has 1 aliphatic rings. The number of hydrogen-bond acceptors (Lipinski definition) is 7. The molecule has 0 unspecified atom stereocenters. The predicted octanol–water partition coefficient (Wildman–Crippen LogP) is 2.70. The Kier molecular flexibility index (Phi) is 6.03. The molecule has 9 heteroatoms. The SMILES string of the molecule is CCS(=O)(=O)NC(=O)c1ccccc1CN1CCN(c2nc3ccccc3s2)CC1. The molecule has 158 valence electrons. The van der Waals surface area contributed by atoms with Crippen molar-refractivity contribution < 1.29 is 13.2 Å². The smallest absolute Gasteiger partial charge is 0.265 e. The van der Waals surface area contributed by atoms with Crippen LogP contribution in [0.15, 0.2) is 48.5 Å². The average Bonchev–Trinajstić information content (AvgIpc) is 3.18. The second kappa shape index (κ2) is 8.71. The molecule has 3 aromatic rings. The van der Waals surface area contributed by atoms with E-state index in [1.54, 1.807) is 23.5 Å². The molecular weight excluding hydrogens is 420 g/mol. The van der Waals surface area contributed by atoms with E-state index in [1.165, 1.54) is 11.6 Å². The number of sulfonamides is 1. The first-order valence-corrected chi connectivity index (χ1v) is 12.4. The summed E-state index contributed by atoms with van der Waals surface area (Å²) in [5.41, 5.74) is 2.26. The molecule has 1 amide bonds. The van der Waals surface area contributed by atoms with Gasteiger partial charge in [-0.25, -0.2) is 18.1 Å². The Labute approximate surface area is 180 Å². The highest BCUT2D eigenvalue weighted by molar-refractivity contribution is 7.90. The van der Waals surface area contributed by atoms with Crippen molar-refractivity contribution in [2.75, 3.05) is 36.8 Å². The molecule has 2 heterocycles. The predicted molar refractivity (Wildman–Crippen MR) is 120 cm³/mol. The number of thiazole rings is 1. The molecule has 0 aliphatic carbocycles. The summed E-state index contributed by atoms with van der Waals surface area (Å²) in [5, 5.41) is 1.04. The first-order valence-electron chi connectivity index (χ1n) is 9.91. The number of piperazine rings is 1. The summed E-state index contributed by atoms with van der Waals surface area (Å²) in [4.78, 5) is 21.8. The third-order valence-corrected chi connectivity index (χ3v) is 7.56. The van der Waals surface area contributed by atoms with Gasteiger partial charge >= 0.3 is 0 Å². The number of benzene rings is 2. The minimum atomic E-state index is -3.59. The molecule has 0 bridgehead atoms. The van der Waals surface area contributed by atoms with Crippen LogP contribution in [-0.4, -0.2) is 56.1 Å². The second-order valence-electron chi connectivity index (χ2n) is 7.22. The number of hydrogen-bond donors (Lipinski definition) is 1. The van der Waals surface area contributed by atoms with Crippen molar-refractivity contribution in [1.82, 2.24) is 14.6 Å². The fourth-order valence-corrected chi connectivity index (χ4v) is 5.04. The monoisotopic (exact) mass is 444 g/mol. The molecule has 1 saturated heterocycles. The lowest BCUT2D eigenvalue weighted by Crippen LogP contribution is -2.46. The molecule has 0 atom stereocenters. The zero-order chi connectivity index (χ0) is 21.1. The lowest BCUT2D eigenvalue weighted by molar-refractivity contribution is 0.0979. The number of amides is 1. The highest BCUT2D eigenvalue weighted by atomic mass is 32.2. The summed E-state index contributed by atoms with van der Waals surface area (Å²) >= 11 is 1.71. The summed E-state index contributed by atoms with van der Waals surface area (Å²) < 4.78 is 26.9. The summed E-state index contributed by atoms with van der Waals surface area (Å²) in [7, 11) is -3.59. The minimum Gasteiger partial charge on any atom is -0.345 e. The fourth-order valence-electron chi connectivity index (χ4n) is 3.48. The summed E-state index contributed by atoms with van der Waals surface area (Å²) in [6, 6.07) is 15.3. The number of nitrogens with zero attached hydrogens (tertiary/aromatic N) is 3. The third-order valence-electron chi connectivity index (χ3n) is 5.21. The van der Waals surface area contributed by atoms with Gasteiger partial charge in [0.05, 0.1) is 16.0 Å². The Morgan fingerprint density at radius 2 is 1.77 bits per heavy atom. The summed E-state index contributed by atoms with van der Waals surface area (Å²) in [6.45, 7) is 5.52. The molecule has 30 heavy (non-hydrogen) atoms. The van der Waals surface area contributed by atoms with Gasteiger partial charge in [-0.05, 0) is 30.7 Å². The van der Waals surface area contributed by atoms with Gasteiger partial charge in [0.25, 0.3) is 5.91 Å². The van der Waals surface area contributed by atoms with E-state index in [0.29, 0.717) is 12.1 Å². The summed E-state index contributed by atoms with van der Waals surface area (Å²) in [5.74, 6) is -0.699. The Morgan fingerprint density at radius 1 is 1.07 bits per heavy atom. The van der Waals surface area contributed by atoms with Crippen molar-refractivity contribution in [3.8, 4) is 0 Å². The van der Waals surface area contributed by atoms with Crippen molar-refractivity contribution >= 4 is 42.6 Å². The molecule has 1 aliphatic heterocycles. The molecule has 1 aromatic heterocycles. The van der Waals surface area contributed by atoms with Crippen LogP contribution in [0.4, 0.5) is 5.13 Å². The Hall–Kier alpha value is -2.49. The molecular formula is C21H24N4O3S2. The third kappa shape index (κ3) is 4.63. The molecule has 0 spiro atoms. The van der Waals surface area contributed by atoms with E-state index in [-0.39, 0.29) is 5.75 Å². The topological polar surface area (TPSA) is 82.6 Å². The summed E-state index contributed by atoms with van der Waals surface area (Å²) in [6.07, 6.45) is 0. The maximum Gasteiger partial charge on any atom is 0.265 e. The van der Waals surface area contributed by atoms with E-state index in [4.69, 9.17) is 4.98 Å². The van der Waals surface area contributed by atoms with Crippen LogP contribution in [0.3, 0.4) is 0 Å². The van der Waals surface area contributed by atoms with Crippen LogP contribution >= 0.6 is 11.3 Å². The molecule has 4 rings (SSSR count). The van der Waals surface area contributed by atoms with Gasteiger partial charge in [0.2, 0.25) is 10.0 Å². The first kappa shape index (κ1) is 20.8. The number of carbonyl (C=O) groups excluding carboxylic acids is 1. The van der Waals surface area contributed by atoms with E-state index in [0.717, 1.165) is 42.4 Å². The van der Waals surface area contributed by atoms with E-state index in [9.17, 15) is 13.2 Å². The van der Waals surface area contributed by atoms with Gasteiger partial charge in [0.15, 0.2) is 5.13 Å². The lowest BCUT2D eigenvalue weighted by Gasteiger charge is -2.34. The molecule has 0 radical (unpaired) electrons.